The van der Waals surface area contributed by atoms with Crippen LogP contribution in [0.3, 0.4) is 0 Å². The van der Waals surface area contributed by atoms with Crippen molar-refractivity contribution in [1.29, 1.82) is 0 Å². The molecule has 230 valence electrons. The summed E-state index contributed by atoms with van der Waals surface area (Å²) < 4.78 is 15.7. The second-order valence-corrected chi connectivity index (χ2v) is 15.8. The zero-order chi connectivity index (χ0) is 32.1. The minimum atomic E-state index is -3.19. The predicted octanol–water partition coefficient (Wildman–Crippen LogP) is 10.9. The molecule has 0 heterocycles. The van der Waals surface area contributed by atoms with Crippen molar-refractivity contribution in [3.8, 4) is 22.3 Å². The van der Waals surface area contributed by atoms with E-state index in [0.717, 1.165) is 47.0 Å². The van der Waals surface area contributed by atoms with E-state index in [9.17, 15) is 0 Å². The van der Waals surface area contributed by atoms with E-state index in [-0.39, 0.29) is 0 Å². The molecule has 0 amide bonds. The van der Waals surface area contributed by atoms with Gasteiger partial charge in [-0.25, -0.2) is 0 Å². The molecule has 0 fully saturated rings. The van der Waals surface area contributed by atoms with E-state index in [4.69, 9.17) is 0 Å². The normalized spacial score (nSPS) is 13.8. The van der Waals surface area contributed by atoms with Gasteiger partial charge in [0.05, 0.1) is 0 Å². The Balaban J connectivity index is 1.39. The molecule has 0 aromatic heterocycles. The second-order valence-electron chi connectivity index (χ2n) is 13.0. The predicted molar refractivity (Wildman–Crippen MR) is 206 cm³/mol. The summed E-state index contributed by atoms with van der Waals surface area (Å²) >= 11 is 0. The van der Waals surface area contributed by atoms with Gasteiger partial charge in [-0.1, -0.05) is 158 Å². The minimum absolute atomic E-state index is 0.849. The maximum absolute atomic E-state index is 15.7. The maximum Gasteiger partial charge on any atom is 0.171 e. The van der Waals surface area contributed by atoms with Crippen LogP contribution in [0.5, 0.6) is 0 Å². The molecule has 0 spiro atoms. The number of benzene rings is 7. The fraction of sp³-hybridized carbons (Fsp3) is 0.0870. The first-order valence-electron chi connectivity index (χ1n) is 17.0. The van der Waals surface area contributed by atoms with Crippen LogP contribution in [0.4, 0.5) is 0 Å². The van der Waals surface area contributed by atoms with Crippen molar-refractivity contribution in [3.05, 3.63) is 174 Å². The van der Waals surface area contributed by atoms with E-state index < -0.39 is 7.14 Å². The van der Waals surface area contributed by atoms with Crippen molar-refractivity contribution in [1.82, 2.24) is 0 Å². The largest absolute Gasteiger partial charge is 0.309 e. The molecule has 7 aromatic carbocycles. The molecule has 1 nitrogen and oxygen atoms in total. The van der Waals surface area contributed by atoms with E-state index in [1.54, 1.807) is 0 Å². The average molecular weight is 635 g/mol. The smallest absolute Gasteiger partial charge is 0.171 e. The van der Waals surface area contributed by atoms with Crippen LogP contribution in [0.2, 0.25) is 0 Å². The second kappa shape index (κ2) is 11.8. The first kappa shape index (κ1) is 29.0. The Morgan fingerprint density at radius 3 is 1.44 bits per heavy atom. The molecule has 0 unspecified atom stereocenters. The van der Waals surface area contributed by atoms with Crippen LogP contribution in [0, 0.1) is 0 Å². The van der Waals surface area contributed by atoms with Crippen LogP contribution in [-0.4, -0.2) is 0 Å². The summed E-state index contributed by atoms with van der Waals surface area (Å²) in [5.74, 6) is 0. The molecule has 7 aromatic rings. The molecule has 2 heteroatoms. The lowest BCUT2D eigenvalue weighted by molar-refractivity contribution is 0.592. The molecule has 2 aliphatic rings. The van der Waals surface area contributed by atoms with Crippen LogP contribution in [0.25, 0.3) is 56.0 Å². The summed E-state index contributed by atoms with van der Waals surface area (Å²) in [7, 11) is -3.19. The van der Waals surface area contributed by atoms with Gasteiger partial charge in [-0.2, -0.15) is 0 Å². The van der Waals surface area contributed by atoms with Crippen LogP contribution in [0.1, 0.15) is 35.1 Å². The van der Waals surface area contributed by atoms with Crippen molar-refractivity contribution in [2.75, 3.05) is 0 Å². The molecular formula is C46H35OP. The van der Waals surface area contributed by atoms with Crippen molar-refractivity contribution in [2.45, 2.75) is 25.7 Å². The first-order chi connectivity index (χ1) is 23.7. The summed E-state index contributed by atoms with van der Waals surface area (Å²) in [6.45, 7) is 0. The van der Waals surface area contributed by atoms with Crippen LogP contribution >= 0.6 is 7.14 Å². The van der Waals surface area contributed by atoms with Gasteiger partial charge in [0.2, 0.25) is 0 Å². The highest BCUT2D eigenvalue weighted by molar-refractivity contribution is 7.85. The van der Waals surface area contributed by atoms with Crippen LogP contribution in [0.15, 0.2) is 152 Å². The highest BCUT2D eigenvalue weighted by Gasteiger charge is 2.31. The van der Waals surface area contributed by atoms with Gasteiger partial charge in [0.1, 0.15) is 0 Å². The van der Waals surface area contributed by atoms with E-state index in [1.165, 1.54) is 60.7 Å². The third-order valence-electron chi connectivity index (χ3n) is 10.2. The Kier molecular flexibility index (Phi) is 7.11. The van der Waals surface area contributed by atoms with Gasteiger partial charge in [-0.3, -0.25) is 0 Å². The van der Waals surface area contributed by atoms with Gasteiger partial charge in [-0.15, -0.1) is 0 Å². The van der Waals surface area contributed by atoms with Gasteiger partial charge in [0.25, 0.3) is 0 Å². The SMILES string of the molecule is O=P(c1ccccc1)(c1ccccc1)c1ccc2c(-c3ccc4c(c3)CCC=C4)c3ccccc3c(-c3ccc4c(c3)CCC=C4)c2c1. The van der Waals surface area contributed by atoms with Gasteiger partial charge < -0.3 is 4.57 Å². The number of fused-ring (bicyclic) bond motifs is 4. The summed E-state index contributed by atoms with van der Waals surface area (Å²) in [6, 6.07) is 49.4. The number of allylic oxidation sites excluding steroid dienone is 2. The molecule has 0 saturated heterocycles. The lowest BCUT2D eigenvalue weighted by Gasteiger charge is -2.23. The van der Waals surface area contributed by atoms with Gasteiger partial charge >= 0.3 is 0 Å². The van der Waals surface area contributed by atoms with E-state index in [2.05, 4.69) is 103 Å². The molecule has 2 aliphatic carbocycles. The Labute approximate surface area is 282 Å². The topological polar surface area (TPSA) is 17.1 Å². The number of rotatable bonds is 5. The summed E-state index contributed by atoms with van der Waals surface area (Å²) in [6.07, 6.45) is 13.3. The third-order valence-corrected chi connectivity index (χ3v) is 13.3. The quantitative estimate of drug-likeness (QED) is 0.136. The Morgan fingerprint density at radius 1 is 0.417 bits per heavy atom. The lowest BCUT2D eigenvalue weighted by atomic mass is 9.83. The van der Waals surface area contributed by atoms with E-state index >= 15 is 4.57 Å². The molecule has 48 heavy (non-hydrogen) atoms. The Bertz CT molecular complexity index is 2430. The molecule has 0 bridgehead atoms. The molecule has 0 saturated carbocycles. The van der Waals surface area contributed by atoms with Crippen molar-refractivity contribution in [3.63, 3.8) is 0 Å². The summed E-state index contributed by atoms with van der Waals surface area (Å²) in [5.41, 5.74) is 10.3. The lowest BCUT2D eigenvalue weighted by Crippen LogP contribution is -2.25. The monoisotopic (exact) mass is 634 g/mol. The molecule has 0 atom stereocenters. The van der Waals surface area contributed by atoms with Gasteiger partial charge in [-0.05, 0) is 97.8 Å². The third kappa shape index (κ3) is 4.73. The maximum atomic E-state index is 15.7. The van der Waals surface area contributed by atoms with Crippen molar-refractivity contribution in [2.24, 2.45) is 0 Å². The summed E-state index contributed by atoms with van der Waals surface area (Å²) in [4.78, 5) is 0. The molecule has 0 N–H and O–H groups in total. The summed E-state index contributed by atoms with van der Waals surface area (Å²) in [5, 5.41) is 7.33. The molecule has 0 radical (unpaired) electrons. The molecular weight excluding hydrogens is 599 g/mol. The average Bonchev–Trinajstić information content (AvgIpc) is 3.16. The van der Waals surface area contributed by atoms with Gasteiger partial charge in [0, 0.05) is 15.9 Å². The van der Waals surface area contributed by atoms with Crippen LogP contribution in [-0.2, 0) is 17.4 Å². The van der Waals surface area contributed by atoms with Gasteiger partial charge in [0.15, 0.2) is 7.14 Å². The van der Waals surface area contributed by atoms with Crippen molar-refractivity contribution < 1.29 is 4.57 Å². The molecule has 9 rings (SSSR count). The minimum Gasteiger partial charge on any atom is -0.309 e. The highest BCUT2D eigenvalue weighted by Crippen LogP contribution is 2.48. The Hall–Kier alpha value is -5.23. The highest BCUT2D eigenvalue weighted by atomic mass is 31.2. The fourth-order valence-electron chi connectivity index (χ4n) is 7.89. The van der Waals surface area contributed by atoms with Crippen molar-refractivity contribution >= 4 is 56.8 Å². The van der Waals surface area contributed by atoms with E-state index in [0.29, 0.717) is 0 Å². The molecule has 0 aliphatic heterocycles. The standard InChI is InChI=1S/C46H35OP/c47-48(38-17-3-1-4-18-38,39-19-5-2-6-20-39)40-27-28-43-44(31-40)46(37-26-24-33-14-8-10-16-35(33)30-37)42-22-12-11-21-41(42)45(43)36-25-23-32-13-7-9-15-34(32)29-36/h1-8,11-14,17-31H,9-10,15-16H2. The zero-order valence-corrected chi connectivity index (χ0v) is 27.7. The number of hydrogen-bond donors (Lipinski definition) is 0. The zero-order valence-electron chi connectivity index (χ0n) is 26.8. The Morgan fingerprint density at radius 2 is 0.896 bits per heavy atom. The number of hydrogen-bond acceptors (Lipinski definition) is 1. The van der Waals surface area contributed by atoms with Crippen LogP contribution < -0.4 is 15.9 Å². The fourth-order valence-corrected chi connectivity index (χ4v) is 10.6. The number of aryl methyl sites for hydroxylation is 2. The first-order valence-corrected chi connectivity index (χ1v) is 18.7. The van der Waals surface area contributed by atoms with E-state index in [1.807, 2.05) is 60.7 Å².